The SMILES string of the molecule is CCCCCC/C=C/c1c2c(c(OC(c3ccccc3)c3ccccc3)c3ncccc13)C(=O)N(Cc1ccc(F)cc1)C2=O. The number of pyridine rings is 1. The Balaban J connectivity index is 1.51. The summed E-state index contributed by atoms with van der Waals surface area (Å²) in [7, 11) is 0. The molecular formula is C39H35FN2O3. The number of ether oxygens (including phenoxy) is 1. The molecule has 5 aromatic rings. The first-order chi connectivity index (χ1) is 22.1. The number of allylic oxidation sites excluding steroid dienone is 1. The third-order valence-corrected chi connectivity index (χ3v) is 8.18. The minimum Gasteiger partial charge on any atom is -0.478 e. The summed E-state index contributed by atoms with van der Waals surface area (Å²) in [5.74, 6) is -0.970. The molecule has 0 bridgehead atoms. The Morgan fingerprint density at radius 2 is 1.47 bits per heavy atom. The van der Waals surface area contributed by atoms with Gasteiger partial charge in [0.15, 0.2) is 5.75 Å². The first-order valence-corrected chi connectivity index (χ1v) is 15.5. The zero-order valence-corrected chi connectivity index (χ0v) is 25.3. The van der Waals surface area contributed by atoms with E-state index >= 15 is 0 Å². The second kappa shape index (κ2) is 13.7. The fourth-order valence-electron chi connectivity index (χ4n) is 5.89. The third kappa shape index (κ3) is 6.27. The van der Waals surface area contributed by atoms with Crippen LogP contribution in [0.2, 0.25) is 0 Å². The number of nitrogens with zero attached hydrogens (tertiary/aromatic N) is 2. The van der Waals surface area contributed by atoms with Crippen LogP contribution in [0.1, 0.15) is 88.1 Å². The van der Waals surface area contributed by atoms with Crippen LogP contribution in [0.25, 0.3) is 17.0 Å². The third-order valence-electron chi connectivity index (χ3n) is 8.18. The van der Waals surface area contributed by atoms with E-state index in [1.165, 1.54) is 23.5 Å². The Bertz CT molecular complexity index is 1800. The Kier molecular flexibility index (Phi) is 9.11. The number of imide groups is 1. The van der Waals surface area contributed by atoms with E-state index in [4.69, 9.17) is 9.72 Å². The van der Waals surface area contributed by atoms with Crippen LogP contribution in [0, 0.1) is 5.82 Å². The zero-order chi connectivity index (χ0) is 31.2. The average Bonchev–Trinajstić information content (AvgIpc) is 3.32. The largest absolute Gasteiger partial charge is 0.478 e. The van der Waals surface area contributed by atoms with Crippen LogP contribution in [0.15, 0.2) is 109 Å². The van der Waals surface area contributed by atoms with Crippen molar-refractivity contribution in [3.8, 4) is 5.75 Å². The number of aromatic nitrogens is 1. The van der Waals surface area contributed by atoms with Crippen molar-refractivity contribution < 1.29 is 18.7 Å². The quantitative estimate of drug-likeness (QED) is 0.106. The van der Waals surface area contributed by atoms with Gasteiger partial charge >= 0.3 is 0 Å². The molecule has 6 rings (SSSR count). The molecule has 4 aromatic carbocycles. The summed E-state index contributed by atoms with van der Waals surface area (Å²) in [4.78, 5) is 34.5. The Hall–Kier alpha value is -5.10. The molecule has 0 N–H and O–H groups in total. The number of fused-ring (bicyclic) bond motifs is 2. The molecule has 45 heavy (non-hydrogen) atoms. The number of rotatable bonds is 12. The van der Waals surface area contributed by atoms with Gasteiger partial charge in [0.05, 0.1) is 17.7 Å². The Morgan fingerprint density at radius 3 is 2.13 bits per heavy atom. The topological polar surface area (TPSA) is 59.5 Å². The van der Waals surface area contributed by atoms with Gasteiger partial charge in [0, 0.05) is 11.6 Å². The lowest BCUT2D eigenvalue weighted by Gasteiger charge is -2.23. The highest BCUT2D eigenvalue weighted by Gasteiger charge is 2.42. The van der Waals surface area contributed by atoms with Gasteiger partial charge in [-0.3, -0.25) is 19.5 Å². The molecule has 1 aromatic heterocycles. The van der Waals surface area contributed by atoms with Crippen molar-refractivity contribution in [1.29, 1.82) is 0 Å². The molecule has 6 heteroatoms. The molecule has 1 aliphatic heterocycles. The van der Waals surface area contributed by atoms with Gasteiger partial charge in [-0.1, -0.05) is 117 Å². The van der Waals surface area contributed by atoms with E-state index in [2.05, 4.69) is 13.0 Å². The van der Waals surface area contributed by atoms with Gasteiger partial charge in [-0.15, -0.1) is 0 Å². The van der Waals surface area contributed by atoms with Crippen LogP contribution in [-0.2, 0) is 6.54 Å². The molecule has 1 aliphatic rings. The monoisotopic (exact) mass is 598 g/mol. The van der Waals surface area contributed by atoms with E-state index in [1.54, 1.807) is 18.3 Å². The highest BCUT2D eigenvalue weighted by Crippen LogP contribution is 2.43. The van der Waals surface area contributed by atoms with Crippen molar-refractivity contribution in [2.75, 3.05) is 0 Å². The number of carbonyl (C=O) groups excluding carboxylic acids is 2. The van der Waals surface area contributed by atoms with E-state index in [1.807, 2.05) is 78.9 Å². The van der Waals surface area contributed by atoms with E-state index in [9.17, 15) is 14.0 Å². The Morgan fingerprint density at radius 1 is 0.800 bits per heavy atom. The molecule has 0 fully saturated rings. The molecule has 0 atom stereocenters. The number of halogens is 1. The van der Waals surface area contributed by atoms with Crippen molar-refractivity contribution in [3.05, 3.63) is 149 Å². The summed E-state index contributed by atoms with van der Waals surface area (Å²) < 4.78 is 20.5. The van der Waals surface area contributed by atoms with Gasteiger partial charge < -0.3 is 4.74 Å². The van der Waals surface area contributed by atoms with Gasteiger partial charge in [0.1, 0.15) is 17.4 Å². The normalized spacial score (nSPS) is 12.9. The number of hydrogen-bond acceptors (Lipinski definition) is 4. The van der Waals surface area contributed by atoms with Gasteiger partial charge in [-0.25, -0.2) is 4.39 Å². The maximum atomic E-state index is 14.3. The Labute approximate surface area is 263 Å². The fourth-order valence-corrected chi connectivity index (χ4v) is 5.89. The first-order valence-electron chi connectivity index (χ1n) is 15.5. The molecule has 2 heterocycles. The minimum absolute atomic E-state index is 0.0107. The maximum absolute atomic E-state index is 14.3. The lowest BCUT2D eigenvalue weighted by molar-refractivity contribution is 0.0640. The molecule has 0 unspecified atom stereocenters. The number of carbonyl (C=O) groups is 2. The van der Waals surface area contributed by atoms with Crippen LogP contribution in [0.5, 0.6) is 5.75 Å². The summed E-state index contributed by atoms with van der Waals surface area (Å²) in [6.07, 6.45) is 10.5. The van der Waals surface area contributed by atoms with Crippen LogP contribution >= 0.6 is 0 Å². The van der Waals surface area contributed by atoms with Crippen molar-refractivity contribution in [1.82, 2.24) is 9.88 Å². The molecule has 0 saturated carbocycles. The summed E-state index contributed by atoms with van der Waals surface area (Å²) >= 11 is 0. The highest BCUT2D eigenvalue weighted by molar-refractivity contribution is 6.27. The maximum Gasteiger partial charge on any atom is 0.265 e. The molecule has 5 nitrogen and oxygen atoms in total. The van der Waals surface area contributed by atoms with Crippen molar-refractivity contribution in [2.45, 2.75) is 51.7 Å². The number of unbranched alkanes of at least 4 members (excludes halogenated alkanes) is 4. The molecule has 2 amide bonds. The van der Waals surface area contributed by atoms with Crippen molar-refractivity contribution in [2.24, 2.45) is 0 Å². The molecule has 226 valence electrons. The smallest absolute Gasteiger partial charge is 0.265 e. The number of amides is 2. The van der Waals surface area contributed by atoms with E-state index in [0.717, 1.165) is 42.2 Å². The van der Waals surface area contributed by atoms with E-state index in [-0.39, 0.29) is 23.7 Å². The number of hydrogen-bond donors (Lipinski definition) is 0. The van der Waals surface area contributed by atoms with Crippen LogP contribution in [-0.4, -0.2) is 21.7 Å². The van der Waals surface area contributed by atoms with Crippen LogP contribution < -0.4 is 4.74 Å². The standard InChI is InChI=1S/C39H35FN2O3/c1-2-3-4-5-6-13-19-31-32-20-14-25-41-35(32)37(45-36(28-15-9-7-10-16-28)29-17-11-8-12-18-29)34-33(31)38(43)42(39(34)44)26-27-21-23-30(40)24-22-27/h7-25,36H,2-6,26H2,1H3/b19-13+. The summed E-state index contributed by atoms with van der Waals surface area (Å²) in [6.45, 7) is 2.19. The minimum atomic E-state index is -0.560. The summed E-state index contributed by atoms with van der Waals surface area (Å²) in [5, 5.41) is 0.737. The summed E-state index contributed by atoms with van der Waals surface area (Å²) in [5.41, 5.74) is 4.14. The molecule has 0 saturated heterocycles. The van der Waals surface area contributed by atoms with Crippen molar-refractivity contribution >= 4 is 28.8 Å². The van der Waals surface area contributed by atoms with Crippen LogP contribution in [0.4, 0.5) is 4.39 Å². The fraction of sp³-hybridized carbons (Fsp3) is 0.205. The van der Waals surface area contributed by atoms with Gasteiger partial charge in [-0.05, 0) is 53.3 Å². The van der Waals surface area contributed by atoms with Gasteiger partial charge in [-0.2, -0.15) is 0 Å². The van der Waals surface area contributed by atoms with Crippen molar-refractivity contribution in [3.63, 3.8) is 0 Å². The summed E-state index contributed by atoms with van der Waals surface area (Å²) in [6, 6.07) is 29.2. The highest BCUT2D eigenvalue weighted by atomic mass is 19.1. The van der Waals surface area contributed by atoms with E-state index in [0.29, 0.717) is 22.2 Å². The van der Waals surface area contributed by atoms with Gasteiger partial charge in [0.25, 0.3) is 11.8 Å². The van der Waals surface area contributed by atoms with Crippen LogP contribution in [0.3, 0.4) is 0 Å². The average molecular weight is 599 g/mol. The van der Waals surface area contributed by atoms with E-state index < -0.39 is 17.9 Å². The number of benzene rings is 4. The lowest BCUT2D eigenvalue weighted by Crippen LogP contribution is -2.29. The van der Waals surface area contributed by atoms with Gasteiger partial charge in [0.2, 0.25) is 0 Å². The lowest BCUT2D eigenvalue weighted by atomic mass is 9.95. The predicted molar refractivity (Wildman–Crippen MR) is 175 cm³/mol. The second-order valence-electron chi connectivity index (χ2n) is 11.3. The predicted octanol–water partition coefficient (Wildman–Crippen LogP) is 9.32. The molecular weight excluding hydrogens is 563 g/mol. The second-order valence-corrected chi connectivity index (χ2v) is 11.3. The molecule has 0 aliphatic carbocycles. The molecule has 0 radical (unpaired) electrons. The molecule has 0 spiro atoms. The zero-order valence-electron chi connectivity index (χ0n) is 25.3. The first kappa shape index (κ1) is 29.9.